The fourth-order valence-electron chi connectivity index (χ4n) is 0.656. The van der Waals surface area contributed by atoms with Crippen LogP contribution in [0.2, 0.25) is 0 Å². The van der Waals surface area contributed by atoms with E-state index in [2.05, 4.69) is 9.15 Å². The third kappa shape index (κ3) is 3.29. The first-order valence-corrected chi connectivity index (χ1v) is 3.26. The van der Waals surface area contributed by atoms with Crippen molar-refractivity contribution in [2.45, 2.75) is 6.36 Å². The smallest absolute Gasteiger partial charge is 0.461 e. The summed E-state index contributed by atoms with van der Waals surface area (Å²) in [6, 6.07) is 2.67. The van der Waals surface area contributed by atoms with Crippen LogP contribution in [0.3, 0.4) is 0 Å². The summed E-state index contributed by atoms with van der Waals surface area (Å²) in [5, 5.41) is 0. The predicted molar refractivity (Wildman–Crippen MR) is 35.0 cm³/mol. The first kappa shape index (κ1) is 9.79. The molecule has 0 saturated carbocycles. The number of ether oxygens (including phenoxy) is 1. The summed E-state index contributed by atoms with van der Waals surface area (Å²) >= 11 is 0. The number of Topliss-reactive ketones (excluding diaryl/α,β-unsaturated/α-hetero) is 1. The highest BCUT2D eigenvalue weighted by Crippen LogP contribution is 2.16. The molecule has 3 nitrogen and oxygen atoms in total. The Morgan fingerprint density at radius 3 is 2.69 bits per heavy atom. The molecule has 72 valence electrons. The Hall–Kier alpha value is -1.30. The van der Waals surface area contributed by atoms with Crippen LogP contribution in [0.25, 0.3) is 0 Å². The van der Waals surface area contributed by atoms with Crippen LogP contribution in [0.15, 0.2) is 22.8 Å². The molecule has 0 fully saturated rings. The van der Waals surface area contributed by atoms with Gasteiger partial charge in [0.15, 0.2) is 5.76 Å². The lowest BCUT2D eigenvalue weighted by molar-refractivity contribution is -0.319. The number of hydrogen-bond acceptors (Lipinski definition) is 3. The van der Waals surface area contributed by atoms with Crippen molar-refractivity contribution in [2.75, 3.05) is 6.61 Å². The first-order valence-electron chi connectivity index (χ1n) is 3.26. The Balaban J connectivity index is 2.44. The van der Waals surface area contributed by atoms with Crippen LogP contribution in [0.1, 0.15) is 10.6 Å². The standard InChI is InChI=1S/C7H5F3O3/c8-7(9,10)13-4-5(11)6-2-1-3-12-6/h1-3H,4H2. The van der Waals surface area contributed by atoms with E-state index >= 15 is 0 Å². The van der Waals surface area contributed by atoms with Crippen molar-refractivity contribution in [3.8, 4) is 0 Å². The van der Waals surface area contributed by atoms with E-state index in [1.807, 2.05) is 0 Å². The van der Waals surface area contributed by atoms with Crippen molar-refractivity contribution >= 4 is 5.78 Å². The molecule has 0 atom stereocenters. The van der Waals surface area contributed by atoms with Crippen LogP contribution in [-0.4, -0.2) is 18.8 Å². The van der Waals surface area contributed by atoms with Gasteiger partial charge < -0.3 is 4.42 Å². The van der Waals surface area contributed by atoms with Crippen LogP contribution in [-0.2, 0) is 4.74 Å². The van der Waals surface area contributed by atoms with Gasteiger partial charge in [0.25, 0.3) is 0 Å². The maximum absolute atomic E-state index is 11.5. The third-order valence-electron chi connectivity index (χ3n) is 1.16. The normalized spacial score (nSPS) is 11.6. The van der Waals surface area contributed by atoms with Gasteiger partial charge in [-0.3, -0.25) is 9.53 Å². The number of carbonyl (C=O) groups is 1. The maximum Gasteiger partial charge on any atom is 0.522 e. The van der Waals surface area contributed by atoms with Gasteiger partial charge >= 0.3 is 6.36 Å². The molecule has 0 aromatic carbocycles. The molecule has 0 bridgehead atoms. The van der Waals surface area contributed by atoms with Gasteiger partial charge in [-0.05, 0) is 12.1 Å². The molecule has 0 unspecified atom stereocenters. The number of carbonyl (C=O) groups excluding carboxylic acids is 1. The quantitative estimate of drug-likeness (QED) is 0.691. The number of rotatable bonds is 3. The lowest BCUT2D eigenvalue weighted by atomic mass is 10.3. The van der Waals surface area contributed by atoms with Crippen molar-refractivity contribution in [3.63, 3.8) is 0 Å². The number of furan rings is 1. The summed E-state index contributed by atoms with van der Waals surface area (Å²) in [4.78, 5) is 10.8. The molecule has 1 aromatic rings. The van der Waals surface area contributed by atoms with Crippen molar-refractivity contribution in [3.05, 3.63) is 24.2 Å². The van der Waals surface area contributed by atoms with Gasteiger partial charge in [0.05, 0.1) is 6.26 Å². The fraction of sp³-hybridized carbons (Fsp3) is 0.286. The van der Waals surface area contributed by atoms with E-state index in [4.69, 9.17) is 0 Å². The van der Waals surface area contributed by atoms with Gasteiger partial charge in [0.1, 0.15) is 6.61 Å². The van der Waals surface area contributed by atoms with Crippen LogP contribution in [0, 0.1) is 0 Å². The summed E-state index contributed by atoms with van der Waals surface area (Å²) in [5.41, 5.74) is 0. The summed E-state index contributed by atoms with van der Waals surface area (Å²) in [6.07, 6.45) is -3.59. The minimum absolute atomic E-state index is 0.149. The summed E-state index contributed by atoms with van der Waals surface area (Å²) in [5.74, 6) is -0.994. The molecule has 1 aromatic heterocycles. The van der Waals surface area contributed by atoms with E-state index in [1.165, 1.54) is 18.4 Å². The summed E-state index contributed by atoms with van der Waals surface area (Å²) in [7, 11) is 0. The first-order chi connectivity index (χ1) is 5.99. The Morgan fingerprint density at radius 1 is 1.54 bits per heavy atom. The van der Waals surface area contributed by atoms with Gasteiger partial charge in [-0.2, -0.15) is 0 Å². The zero-order valence-electron chi connectivity index (χ0n) is 6.30. The molecule has 0 aliphatic heterocycles. The van der Waals surface area contributed by atoms with Gasteiger partial charge in [-0.1, -0.05) is 0 Å². The van der Waals surface area contributed by atoms with Gasteiger partial charge in [0.2, 0.25) is 5.78 Å². The molecule has 0 spiro atoms. The Kier molecular flexibility index (Phi) is 2.72. The third-order valence-corrected chi connectivity index (χ3v) is 1.16. The van der Waals surface area contributed by atoms with Gasteiger partial charge in [0, 0.05) is 0 Å². The van der Waals surface area contributed by atoms with Crippen molar-refractivity contribution in [2.24, 2.45) is 0 Å². The second-order valence-electron chi connectivity index (χ2n) is 2.13. The van der Waals surface area contributed by atoms with Crippen LogP contribution < -0.4 is 0 Å². The second-order valence-corrected chi connectivity index (χ2v) is 2.13. The van der Waals surface area contributed by atoms with E-state index in [0.29, 0.717) is 0 Å². The molecular formula is C7H5F3O3. The molecule has 13 heavy (non-hydrogen) atoms. The van der Waals surface area contributed by atoms with Crippen molar-refractivity contribution < 1.29 is 27.1 Å². The molecule has 6 heteroatoms. The van der Waals surface area contributed by atoms with Crippen LogP contribution >= 0.6 is 0 Å². The minimum Gasteiger partial charge on any atom is -0.461 e. The topological polar surface area (TPSA) is 39.4 Å². The average molecular weight is 194 g/mol. The lowest BCUT2D eigenvalue weighted by Gasteiger charge is -2.04. The largest absolute Gasteiger partial charge is 0.522 e. The highest BCUT2D eigenvalue weighted by atomic mass is 19.4. The highest BCUT2D eigenvalue weighted by Gasteiger charge is 2.30. The lowest BCUT2D eigenvalue weighted by Crippen LogP contribution is -2.19. The fourth-order valence-corrected chi connectivity index (χ4v) is 0.656. The highest BCUT2D eigenvalue weighted by molar-refractivity contribution is 5.94. The number of ketones is 1. The van der Waals surface area contributed by atoms with Gasteiger partial charge in [-0.15, -0.1) is 13.2 Å². The van der Waals surface area contributed by atoms with E-state index in [0.717, 1.165) is 0 Å². The number of alkyl halides is 3. The zero-order valence-corrected chi connectivity index (χ0v) is 6.30. The van der Waals surface area contributed by atoms with Crippen molar-refractivity contribution in [1.29, 1.82) is 0 Å². The van der Waals surface area contributed by atoms with E-state index in [1.54, 1.807) is 0 Å². The van der Waals surface area contributed by atoms with Gasteiger partial charge in [-0.25, -0.2) is 0 Å². The molecule has 0 saturated heterocycles. The molecule has 1 rings (SSSR count). The SMILES string of the molecule is O=C(COC(F)(F)F)c1ccco1. The van der Waals surface area contributed by atoms with Crippen LogP contribution in [0.5, 0.6) is 0 Å². The molecular weight excluding hydrogens is 189 g/mol. The van der Waals surface area contributed by atoms with Crippen LogP contribution in [0.4, 0.5) is 13.2 Å². The summed E-state index contributed by atoms with van der Waals surface area (Å²) in [6.45, 7) is -1.06. The molecule has 0 N–H and O–H groups in total. The Bertz CT molecular complexity index is 276. The molecule has 0 aliphatic carbocycles. The Labute approximate surface area is 71.1 Å². The molecule has 0 radical (unpaired) electrons. The number of halogens is 3. The number of hydrogen-bond donors (Lipinski definition) is 0. The minimum atomic E-state index is -4.79. The van der Waals surface area contributed by atoms with E-state index in [9.17, 15) is 18.0 Å². The molecule has 0 aliphatic rings. The zero-order chi connectivity index (χ0) is 9.90. The Morgan fingerprint density at radius 2 is 2.23 bits per heavy atom. The van der Waals surface area contributed by atoms with Crippen molar-refractivity contribution in [1.82, 2.24) is 0 Å². The predicted octanol–water partition coefficient (Wildman–Crippen LogP) is 2.00. The average Bonchev–Trinajstić information content (AvgIpc) is 2.50. The van der Waals surface area contributed by atoms with E-state index < -0.39 is 18.8 Å². The second kappa shape index (κ2) is 3.61. The monoisotopic (exact) mass is 194 g/mol. The summed E-state index contributed by atoms with van der Waals surface area (Å²) < 4.78 is 42.2. The molecule has 0 amide bonds. The molecule has 1 heterocycles. The maximum atomic E-state index is 11.5. The van der Waals surface area contributed by atoms with E-state index in [-0.39, 0.29) is 5.76 Å².